The fourth-order valence-corrected chi connectivity index (χ4v) is 3.84. The predicted molar refractivity (Wildman–Crippen MR) is 89.3 cm³/mol. The van der Waals surface area contributed by atoms with E-state index in [9.17, 15) is 9.59 Å². The Kier molecular flexibility index (Phi) is 3.86. The van der Waals surface area contributed by atoms with Gasteiger partial charge < -0.3 is 4.90 Å². The summed E-state index contributed by atoms with van der Waals surface area (Å²) < 4.78 is 0. The van der Waals surface area contributed by atoms with Crippen LogP contribution < -0.4 is 4.90 Å². The number of Topliss-reactive ketones (excluding diaryl/α,β-unsaturated/α-hetero) is 2. The summed E-state index contributed by atoms with van der Waals surface area (Å²) in [6, 6.07) is 17.7. The second kappa shape index (κ2) is 5.81. The smallest absolute Gasteiger partial charge is 0.166 e. The SMILES string of the molecule is CC(=O)C(C(C)=O)=C1Sc2ccccc2N1c1ccccc1. The van der Waals surface area contributed by atoms with Gasteiger partial charge in [-0.1, -0.05) is 42.1 Å². The van der Waals surface area contributed by atoms with Gasteiger partial charge in [-0.2, -0.15) is 0 Å². The number of anilines is 2. The molecule has 22 heavy (non-hydrogen) atoms. The third kappa shape index (κ3) is 2.46. The first kappa shape index (κ1) is 14.6. The number of carbonyl (C=O) groups excluding carboxylic acids is 2. The minimum Gasteiger partial charge on any atom is -0.303 e. The molecule has 0 aromatic heterocycles. The van der Waals surface area contributed by atoms with Gasteiger partial charge in [0.05, 0.1) is 16.3 Å². The number of hydrogen-bond donors (Lipinski definition) is 0. The third-order valence-corrected chi connectivity index (χ3v) is 4.59. The molecule has 0 bridgehead atoms. The van der Waals surface area contributed by atoms with Crippen LogP contribution in [0.5, 0.6) is 0 Å². The van der Waals surface area contributed by atoms with Gasteiger partial charge in [0, 0.05) is 10.6 Å². The van der Waals surface area contributed by atoms with Crippen LogP contribution in [0.25, 0.3) is 0 Å². The number of rotatable bonds is 3. The summed E-state index contributed by atoms with van der Waals surface area (Å²) >= 11 is 1.47. The van der Waals surface area contributed by atoms with Crippen LogP contribution in [0.4, 0.5) is 11.4 Å². The van der Waals surface area contributed by atoms with Crippen LogP contribution >= 0.6 is 11.8 Å². The number of para-hydroxylation sites is 2. The van der Waals surface area contributed by atoms with Crippen LogP contribution in [0.3, 0.4) is 0 Å². The van der Waals surface area contributed by atoms with Gasteiger partial charge in [0.2, 0.25) is 0 Å². The van der Waals surface area contributed by atoms with E-state index in [-0.39, 0.29) is 17.1 Å². The number of thioether (sulfide) groups is 1. The highest BCUT2D eigenvalue weighted by molar-refractivity contribution is 8.03. The number of benzene rings is 2. The molecule has 0 N–H and O–H groups in total. The Morgan fingerprint density at radius 1 is 0.864 bits per heavy atom. The Hall–Kier alpha value is -2.33. The molecule has 0 amide bonds. The Morgan fingerprint density at radius 3 is 2.09 bits per heavy atom. The first-order valence-electron chi connectivity index (χ1n) is 6.98. The summed E-state index contributed by atoms with van der Waals surface area (Å²) in [5, 5.41) is 0.687. The largest absolute Gasteiger partial charge is 0.303 e. The molecule has 4 heteroatoms. The highest BCUT2D eigenvalue weighted by Crippen LogP contribution is 2.50. The zero-order chi connectivity index (χ0) is 15.7. The van der Waals surface area contributed by atoms with Gasteiger partial charge in [-0.25, -0.2) is 0 Å². The lowest BCUT2D eigenvalue weighted by atomic mass is 10.1. The van der Waals surface area contributed by atoms with Gasteiger partial charge >= 0.3 is 0 Å². The van der Waals surface area contributed by atoms with Crippen LogP contribution in [0, 0.1) is 0 Å². The first-order valence-corrected chi connectivity index (χ1v) is 7.79. The lowest BCUT2D eigenvalue weighted by Crippen LogP contribution is -2.18. The number of allylic oxidation sites excluding steroid dienone is 1. The molecule has 0 saturated carbocycles. The molecule has 0 saturated heterocycles. The molecule has 0 unspecified atom stereocenters. The first-order chi connectivity index (χ1) is 10.6. The average molecular weight is 309 g/mol. The maximum atomic E-state index is 12.0. The Morgan fingerprint density at radius 2 is 1.45 bits per heavy atom. The highest BCUT2D eigenvalue weighted by atomic mass is 32.2. The number of hydrogen-bond acceptors (Lipinski definition) is 4. The fourth-order valence-electron chi connectivity index (χ4n) is 2.53. The second-order valence-electron chi connectivity index (χ2n) is 5.03. The van der Waals surface area contributed by atoms with E-state index in [0.29, 0.717) is 5.03 Å². The van der Waals surface area contributed by atoms with Crippen molar-refractivity contribution in [1.29, 1.82) is 0 Å². The Balaban J connectivity index is 2.26. The monoisotopic (exact) mass is 309 g/mol. The predicted octanol–water partition coefficient (Wildman–Crippen LogP) is 4.32. The van der Waals surface area contributed by atoms with E-state index in [2.05, 4.69) is 0 Å². The van der Waals surface area contributed by atoms with Crippen molar-refractivity contribution in [3.8, 4) is 0 Å². The van der Waals surface area contributed by atoms with Crippen LogP contribution in [-0.4, -0.2) is 11.6 Å². The molecule has 0 atom stereocenters. The van der Waals surface area contributed by atoms with Gasteiger partial charge in [0.15, 0.2) is 11.6 Å². The summed E-state index contributed by atoms with van der Waals surface area (Å²) in [7, 11) is 0. The van der Waals surface area contributed by atoms with Crippen molar-refractivity contribution < 1.29 is 9.59 Å². The van der Waals surface area contributed by atoms with Gasteiger partial charge in [-0.05, 0) is 38.1 Å². The maximum absolute atomic E-state index is 12.0. The Labute approximate surface area is 133 Å². The number of nitrogens with zero attached hydrogens (tertiary/aromatic N) is 1. The normalized spacial score (nSPS) is 13.0. The molecule has 1 heterocycles. The summed E-state index contributed by atoms with van der Waals surface area (Å²) in [6.45, 7) is 2.88. The molecule has 1 aliphatic heterocycles. The number of ketones is 2. The lowest BCUT2D eigenvalue weighted by Gasteiger charge is -2.22. The van der Waals surface area contributed by atoms with Gasteiger partial charge in [0.25, 0.3) is 0 Å². The van der Waals surface area contributed by atoms with E-state index >= 15 is 0 Å². The summed E-state index contributed by atoms with van der Waals surface area (Å²) in [5.41, 5.74) is 2.19. The number of fused-ring (bicyclic) bond motifs is 1. The average Bonchev–Trinajstić information content (AvgIpc) is 2.86. The van der Waals surface area contributed by atoms with Crippen molar-refractivity contribution in [2.24, 2.45) is 0 Å². The lowest BCUT2D eigenvalue weighted by molar-refractivity contribution is -0.119. The van der Waals surface area contributed by atoms with Crippen LogP contribution in [0.2, 0.25) is 0 Å². The van der Waals surface area contributed by atoms with E-state index < -0.39 is 0 Å². The molecular formula is C18H15NO2S. The summed E-state index contributed by atoms with van der Waals surface area (Å²) in [5.74, 6) is -0.410. The topological polar surface area (TPSA) is 37.4 Å². The molecule has 3 rings (SSSR count). The van der Waals surface area contributed by atoms with Crippen LogP contribution in [-0.2, 0) is 9.59 Å². The van der Waals surface area contributed by atoms with E-state index in [0.717, 1.165) is 16.3 Å². The fraction of sp³-hybridized carbons (Fsp3) is 0.111. The zero-order valence-corrected chi connectivity index (χ0v) is 13.2. The minimum atomic E-state index is -0.205. The van der Waals surface area contributed by atoms with Crippen molar-refractivity contribution in [3.63, 3.8) is 0 Å². The molecule has 0 aliphatic carbocycles. The third-order valence-electron chi connectivity index (χ3n) is 3.45. The quantitative estimate of drug-likeness (QED) is 0.481. The molecule has 0 spiro atoms. The maximum Gasteiger partial charge on any atom is 0.166 e. The highest BCUT2D eigenvalue weighted by Gasteiger charge is 2.31. The molecule has 110 valence electrons. The van der Waals surface area contributed by atoms with E-state index in [4.69, 9.17) is 0 Å². The van der Waals surface area contributed by atoms with Crippen molar-refractivity contribution in [1.82, 2.24) is 0 Å². The van der Waals surface area contributed by atoms with Crippen molar-refractivity contribution in [3.05, 3.63) is 65.2 Å². The zero-order valence-electron chi connectivity index (χ0n) is 12.4. The van der Waals surface area contributed by atoms with Crippen molar-refractivity contribution in [2.45, 2.75) is 18.7 Å². The van der Waals surface area contributed by atoms with Crippen LogP contribution in [0.1, 0.15) is 13.8 Å². The van der Waals surface area contributed by atoms with Gasteiger partial charge in [0.1, 0.15) is 0 Å². The van der Waals surface area contributed by atoms with E-state index in [1.54, 1.807) is 0 Å². The molecule has 0 fully saturated rings. The second-order valence-corrected chi connectivity index (χ2v) is 6.06. The standard InChI is InChI=1S/C18H15NO2S/c1-12(20)17(13(2)21)18-19(14-8-4-3-5-9-14)15-10-6-7-11-16(15)22-18/h3-11H,1-2H3. The van der Waals surface area contributed by atoms with E-state index in [1.165, 1.54) is 25.6 Å². The van der Waals surface area contributed by atoms with Crippen molar-refractivity contribution >= 4 is 34.7 Å². The molecule has 3 nitrogen and oxygen atoms in total. The van der Waals surface area contributed by atoms with Gasteiger partial charge in [-0.15, -0.1) is 0 Å². The molecule has 2 aromatic rings. The Bertz CT molecular complexity index is 765. The molecule has 0 radical (unpaired) electrons. The molecule has 1 aliphatic rings. The molecule has 2 aromatic carbocycles. The van der Waals surface area contributed by atoms with E-state index in [1.807, 2.05) is 59.5 Å². The number of carbonyl (C=O) groups is 2. The summed E-state index contributed by atoms with van der Waals surface area (Å²) in [4.78, 5) is 27.0. The minimum absolute atomic E-state index is 0.205. The summed E-state index contributed by atoms with van der Waals surface area (Å²) in [6.07, 6.45) is 0. The van der Waals surface area contributed by atoms with Crippen LogP contribution in [0.15, 0.2) is 70.1 Å². The van der Waals surface area contributed by atoms with Gasteiger partial charge in [-0.3, -0.25) is 9.59 Å². The van der Waals surface area contributed by atoms with Crippen molar-refractivity contribution in [2.75, 3.05) is 4.90 Å². The molecular weight excluding hydrogens is 294 g/mol.